The van der Waals surface area contributed by atoms with Crippen molar-refractivity contribution < 1.29 is 19.3 Å². The molecule has 0 aliphatic carbocycles. The Bertz CT molecular complexity index is 1300. The van der Waals surface area contributed by atoms with Crippen LogP contribution in [-0.2, 0) is 16.0 Å². The molecule has 1 saturated heterocycles. The van der Waals surface area contributed by atoms with Crippen molar-refractivity contribution in [2.75, 3.05) is 44.8 Å². The number of anilines is 1. The lowest BCUT2D eigenvalue weighted by molar-refractivity contribution is -0.266. The molecule has 2 N–H and O–H groups in total. The van der Waals surface area contributed by atoms with Crippen molar-refractivity contribution in [1.29, 1.82) is 5.26 Å². The van der Waals surface area contributed by atoms with Crippen LogP contribution in [0.4, 0.5) is 10.5 Å². The predicted octanol–water partition coefficient (Wildman–Crippen LogP) is 4.44. The normalized spacial score (nSPS) is 15.8. The maximum absolute atomic E-state index is 12.6. The molecule has 0 bridgehead atoms. The van der Waals surface area contributed by atoms with Crippen LogP contribution in [0.2, 0.25) is 0 Å². The highest BCUT2D eigenvalue weighted by Gasteiger charge is 2.31. The number of urea groups is 1. The topological polar surface area (TPSA) is 99.1 Å². The highest BCUT2D eigenvalue weighted by molar-refractivity contribution is 5.91. The van der Waals surface area contributed by atoms with Crippen molar-refractivity contribution in [3.05, 3.63) is 72.3 Å². The third kappa shape index (κ3) is 7.91. The Kier molecular flexibility index (Phi) is 9.04. The molecule has 4 rings (SSSR count). The van der Waals surface area contributed by atoms with Gasteiger partial charge in [0, 0.05) is 37.9 Å². The van der Waals surface area contributed by atoms with E-state index in [1.165, 1.54) is 21.2 Å². The van der Waals surface area contributed by atoms with E-state index in [-0.39, 0.29) is 18.1 Å². The van der Waals surface area contributed by atoms with E-state index in [9.17, 15) is 10.1 Å². The molecule has 9 nitrogen and oxygen atoms in total. The summed E-state index contributed by atoms with van der Waals surface area (Å²) < 4.78 is 5.31. The van der Waals surface area contributed by atoms with Gasteiger partial charge in [-0.2, -0.15) is 10.1 Å². The molecule has 39 heavy (non-hydrogen) atoms. The molecule has 1 fully saturated rings. The smallest absolute Gasteiger partial charge is 0.336 e. The lowest BCUT2D eigenvalue weighted by Crippen LogP contribution is -2.52. The van der Waals surface area contributed by atoms with Gasteiger partial charge in [0.25, 0.3) is 0 Å². The van der Waals surface area contributed by atoms with Crippen LogP contribution in [0.25, 0.3) is 10.8 Å². The minimum Gasteiger partial charge on any atom is -0.379 e. The average Bonchev–Trinajstić information content (AvgIpc) is 2.95. The fraction of sp³-hybridized carbons (Fsp3) is 0.400. The first kappa shape index (κ1) is 28.3. The number of carbonyl (C=O) groups excluding carboxylic acids is 1. The molecular formula is C30H37N5O4. The number of benzene rings is 3. The van der Waals surface area contributed by atoms with Crippen molar-refractivity contribution in [2.24, 2.45) is 0 Å². The predicted molar refractivity (Wildman–Crippen MR) is 151 cm³/mol. The van der Waals surface area contributed by atoms with Crippen LogP contribution in [0.3, 0.4) is 0 Å². The highest BCUT2D eigenvalue weighted by atomic mass is 17.2. The van der Waals surface area contributed by atoms with Crippen molar-refractivity contribution in [3.63, 3.8) is 0 Å². The molecule has 9 heteroatoms. The Hall–Kier alpha value is -3.68. The number of rotatable bonds is 10. The van der Waals surface area contributed by atoms with Gasteiger partial charge in [-0.05, 0) is 67.8 Å². The minimum absolute atomic E-state index is 0.240. The van der Waals surface area contributed by atoms with Crippen molar-refractivity contribution in [1.82, 2.24) is 15.8 Å². The molecule has 1 atom stereocenters. The van der Waals surface area contributed by atoms with Crippen molar-refractivity contribution in [2.45, 2.75) is 38.3 Å². The van der Waals surface area contributed by atoms with Gasteiger partial charge in [0.2, 0.25) is 5.60 Å². The fourth-order valence-electron chi connectivity index (χ4n) is 4.29. The largest absolute Gasteiger partial charge is 0.379 e. The molecular weight excluding hydrogens is 494 g/mol. The zero-order valence-corrected chi connectivity index (χ0v) is 23.1. The summed E-state index contributed by atoms with van der Waals surface area (Å²) in [5.74, 6) is 0.428. The van der Waals surface area contributed by atoms with E-state index >= 15 is 0 Å². The van der Waals surface area contributed by atoms with Gasteiger partial charge in [0.1, 0.15) is 6.07 Å². The summed E-state index contributed by atoms with van der Waals surface area (Å²) in [5, 5.41) is 17.5. The number of hydrazine groups is 1. The molecule has 1 aliphatic rings. The first-order valence-electron chi connectivity index (χ1n) is 13.1. The number of carbonyl (C=O) groups is 1. The Morgan fingerprint density at radius 3 is 2.44 bits per heavy atom. The quantitative estimate of drug-likeness (QED) is 0.295. The van der Waals surface area contributed by atoms with Gasteiger partial charge < -0.3 is 14.9 Å². The third-order valence-corrected chi connectivity index (χ3v) is 6.72. The molecule has 206 valence electrons. The SMILES string of the molecule is CN(C(=O)NN1CCOCC1)c1ccc(OOC(C)(C#N)CNC(C)(C)Cc2ccc3ccccc3c2)cc1. The van der Waals surface area contributed by atoms with E-state index in [4.69, 9.17) is 14.5 Å². The van der Waals surface area contributed by atoms with Crippen LogP contribution >= 0.6 is 0 Å². The second-order valence-electron chi connectivity index (χ2n) is 10.7. The maximum atomic E-state index is 12.6. The van der Waals surface area contributed by atoms with E-state index in [2.05, 4.69) is 61.0 Å². The summed E-state index contributed by atoms with van der Waals surface area (Å²) in [6, 6.07) is 23.7. The summed E-state index contributed by atoms with van der Waals surface area (Å²) >= 11 is 0. The van der Waals surface area contributed by atoms with E-state index in [0.717, 1.165) is 6.42 Å². The summed E-state index contributed by atoms with van der Waals surface area (Å²) in [4.78, 5) is 25.2. The van der Waals surface area contributed by atoms with Gasteiger partial charge in [0.05, 0.1) is 13.2 Å². The number of fused-ring (bicyclic) bond motifs is 1. The second kappa shape index (κ2) is 12.5. The molecule has 1 aliphatic heterocycles. The van der Waals surface area contributed by atoms with E-state index < -0.39 is 5.60 Å². The van der Waals surface area contributed by atoms with Gasteiger partial charge in [-0.25, -0.2) is 9.80 Å². The number of nitrogens with one attached hydrogen (secondary N) is 2. The molecule has 0 radical (unpaired) electrons. The third-order valence-electron chi connectivity index (χ3n) is 6.72. The number of nitriles is 1. The molecule has 3 aromatic carbocycles. The van der Waals surface area contributed by atoms with E-state index in [0.29, 0.717) is 37.7 Å². The minimum atomic E-state index is -1.21. The second-order valence-corrected chi connectivity index (χ2v) is 10.7. The standard InChI is InChI=1S/C30H37N5O4/c1-29(2,20-23-9-10-24-7-5-6-8-25(24)19-23)32-22-30(3,21-31)39-38-27-13-11-26(12-14-27)34(4)28(36)33-35-15-17-37-18-16-35/h5-14,19,32H,15-18,20,22H2,1-4H3,(H,33,36). The highest BCUT2D eigenvalue weighted by Crippen LogP contribution is 2.23. The van der Waals surface area contributed by atoms with Gasteiger partial charge in [-0.1, -0.05) is 42.5 Å². The number of morpholine rings is 1. The van der Waals surface area contributed by atoms with Crippen molar-refractivity contribution in [3.8, 4) is 11.8 Å². The number of ether oxygens (including phenoxy) is 1. The zero-order valence-electron chi connectivity index (χ0n) is 23.1. The number of hydrogen-bond acceptors (Lipinski definition) is 7. The van der Waals surface area contributed by atoms with E-state index in [1.807, 2.05) is 17.1 Å². The average molecular weight is 532 g/mol. The van der Waals surface area contributed by atoms with Gasteiger partial charge in [-0.3, -0.25) is 10.3 Å². The maximum Gasteiger partial charge on any atom is 0.336 e. The summed E-state index contributed by atoms with van der Waals surface area (Å²) in [6.07, 6.45) is 0.786. The number of amides is 2. The lowest BCUT2D eigenvalue weighted by Gasteiger charge is -2.31. The summed E-state index contributed by atoms with van der Waals surface area (Å²) in [6.45, 7) is 8.64. The number of hydrogen-bond donors (Lipinski definition) is 2. The summed E-state index contributed by atoms with van der Waals surface area (Å²) in [5.41, 5.74) is 3.28. The molecule has 1 unspecified atom stereocenters. The Morgan fingerprint density at radius 2 is 1.74 bits per heavy atom. The van der Waals surface area contributed by atoms with Gasteiger partial charge in [-0.15, -0.1) is 0 Å². The Morgan fingerprint density at radius 1 is 1.05 bits per heavy atom. The van der Waals surface area contributed by atoms with Gasteiger partial charge >= 0.3 is 6.03 Å². The van der Waals surface area contributed by atoms with Crippen LogP contribution < -0.4 is 20.5 Å². The zero-order chi connectivity index (χ0) is 27.9. The number of nitrogens with zero attached hydrogens (tertiary/aromatic N) is 3. The Balaban J connectivity index is 1.28. The van der Waals surface area contributed by atoms with Crippen LogP contribution in [0.15, 0.2) is 66.7 Å². The summed E-state index contributed by atoms with van der Waals surface area (Å²) in [7, 11) is 1.69. The first-order valence-corrected chi connectivity index (χ1v) is 13.1. The molecule has 1 heterocycles. The molecule has 0 aromatic heterocycles. The first-order chi connectivity index (χ1) is 18.7. The van der Waals surface area contributed by atoms with Crippen molar-refractivity contribution >= 4 is 22.5 Å². The van der Waals surface area contributed by atoms with Gasteiger partial charge in [0.15, 0.2) is 5.75 Å². The monoisotopic (exact) mass is 531 g/mol. The molecule has 0 saturated carbocycles. The molecule has 2 amide bonds. The molecule has 3 aromatic rings. The molecule has 0 spiro atoms. The van der Waals surface area contributed by atoms with E-state index in [1.54, 1.807) is 38.2 Å². The van der Waals surface area contributed by atoms with Crippen LogP contribution in [0, 0.1) is 11.3 Å². The van der Waals surface area contributed by atoms with Crippen LogP contribution in [-0.4, -0.2) is 62.1 Å². The lowest BCUT2D eigenvalue weighted by atomic mass is 9.92. The Labute approximate surface area is 230 Å². The van der Waals surface area contributed by atoms with Crippen LogP contribution in [0.5, 0.6) is 5.75 Å². The fourth-order valence-corrected chi connectivity index (χ4v) is 4.29. The van der Waals surface area contributed by atoms with Crippen LogP contribution in [0.1, 0.15) is 26.3 Å².